The monoisotopic (exact) mass is 327 g/mol. The van der Waals surface area contributed by atoms with E-state index < -0.39 is 0 Å². The maximum Gasteiger partial charge on any atom is 0.135 e. The first kappa shape index (κ1) is 14.5. The van der Waals surface area contributed by atoms with Crippen molar-refractivity contribution in [1.29, 1.82) is 0 Å². The SMILES string of the molecule is Cc1ccc2c(c1)nc(CNc1cc(Cl)nc(C3CC3)n1)n2C. The summed E-state index contributed by atoms with van der Waals surface area (Å²) in [6, 6.07) is 8.08. The number of aromatic nitrogens is 4. The Kier molecular flexibility index (Phi) is 3.45. The van der Waals surface area contributed by atoms with Crippen LogP contribution in [0.15, 0.2) is 24.3 Å². The molecule has 1 aliphatic carbocycles. The number of hydrogen-bond donors (Lipinski definition) is 1. The molecule has 23 heavy (non-hydrogen) atoms. The number of rotatable bonds is 4. The highest BCUT2D eigenvalue weighted by molar-refractivity contribution is 6.29. The molecule has 1 aliphatic rings. The third-order valence-electron chi connectivity index (χ3n) is 4.21. The van der Waals surface area contributed by atoms with Gasteiger partial charge in [0.2, 0.25) is 0 Å². The van der Waals surface area contributed by atoms with E-state index in [4.69, 9.17) is 16.6 Å². The lowest BCUT2D eigenvalue weighted by Crippen LogP contribution is -2.08. The van der Waals surface area contributed by atoms with Gasteiger partial charge in [0.05, 0.1) is 17.6 Å². The third-order valence-corrected chi connectivity index (χ3v) is 4.40. The van der Waals surface area contributed by atoms with Crippen LogP contribution < -0.4 is 5.32 Å². The molecule has 0 unspecified atom stereocenters. The highest BCUT2D eigenvalue weighted by Crippen LogP contribution is 2.38. The van der Waals surface area contributed by atoms with E-state index in [1.165, 1.54) is 5.56 Å². The van der Waals surface area contributed by atoms with E-state index in [0.29, 0.717) is 17.6 Å². The largest absolute Gasteiger partial charge is 0.363 e. The maximum atomic E-state index is 6.10. The van der Waals surface area contributed by atoms with Gasteiger partial charge in [-0.1, -0.05) is 17.7 Å². The molecule has 118 valence electrons. The van der Waals surface area contributed by atoms with E-state index in [1.807, 2.05) is 7.05 Å². The van der Waals surface area contributed by atoms with Crippen LogP contribution in [-0.2, 0) is 13.6 Å². The second-order valence-corrected chi connectivity index (χ2v) is 6.53. The number of anilines is 1. The molecular formula is C17H18ClN5. The van der Waals surface area contributed by atoms with Crippen molar-refractivity contribution in [1.82, 2.24) is 19.5 Å². The standard InChI is InChI=1S/C17H18ClN5/c1-10-3-6-13-12(7-10)20-16(23(13)2)9-19-15-8-14(18)21-17(22-15)11-4-5-11/h3,6-8,11H,4-5,9H2,1-2H3,(H,19,21,22). The van der Waals surface area contributed by atoms with Gasteiger partial charge in [-0.15, -0.1) is 0 Å². The average molecular weight is 328 g/mol. The fraction of sp³-hybridized carbons (Fsp3) is 0.353. The summed E-state index contributed by atoms with van der Waals surface area (Å²) in [4.78, 5) is 13.6. The molecule has 1 N–H and O–H groups in total. The fourth-order valence-electron chi connectivity index (χ4n) is 2.74. The molecule has 1 aromatic carbocycles. The second-order valence-electron chi connectivity index (χ2n) is 6.14. The molecule has 1 fully saturated rings. The van der Waals surface area contributed by atoms with Gasteiger partial charge in [0.25, 0.3) is 0 Å². The van der Waals surface area contributed by atoms with Gasteiger partial charge in [0.1, 0.15) is 22.6 Å². The van der Waals surface area contributed by atoms with E-state index in [-0.39, 0.29) is 0 Å². The molecule has 5 nitrogen and oxygen atoms in total. The van der Waals surface area contributed by atoms with Crippen LogP contribution in [0, 0.1) is 6.92 Å². The fourth-order valence-corrected chi connectivity index (χ4v) is 2.93. The van der Waals surface area contributed by atoms with Gasteiger partial charge < -0.3 is 9.88 Å². The molecule has 4 rings (SSSR count). The van der Waals surface area contributed by atoms with Crippen LogP contribution in [-0.4, -0.2) is 19.5 Å². The zero-order valence-electron chi connectivity index (χ0n) is 13.2. The van der Waals surface area contributed by atoms with Crippen molar-refractivity contribution in [3.05, 3.63) is 46.6 Å². The first-order valence-electron chi connectivity index (χ1n) is 7.80. The summed E-state index contributed by atoms with van der Waals surface area (Å²) < 4.78 is 2.10. The van der Waals surface area contributed by atoms with Crippen LogP contribution in [0.3, 0.4) is 0 Å². The Morgan fingerprint density at radius 2 is 2.04 bits per heavy atom. The zero-order chi connectivity index (χ0) is 16.0. The summed E-state index contributed by atoms with van der Waals surface area (Å²) in [5.74, 6) is 3.05. The lowest BCUT2D eigenvalue weighted by atomic mass is 10.2. The molecular weight excluding hydrogens is 310 g/mol. The van der Waals surface area contributed by atoms with Crippen LogP contribution in [0.1, 0.15) is 36.0 Å². The molecule has 0 atom stereocenters. The molecule has 1 saturated carbocycles. The Hall–Kier alpha value is -2.14. The van der Waals surface area contributed by atoms with Gasteiger partial charge in [-0.2, -0.15) is 0 Å². The van der Waals surface area contributed by atoms with E-state index in [9.17, 15) is 0 Å². The minimum Gasteiger partial charge on any atom is -0.363 e. The number of benzene rings is 1. The van der Waals surface area contributed by atoms with Gasteiger partial charge in [-0.25, -0.2) is 15.0 Å². The Bertz CT molecular complexity index is 882. The molecule has 0 spiro atoms. The lowest BCUT2D eigenvalue weighted by molar-refractivity contribution is 0.828. The number of nitrogens with one attached hydrogen (secondary N) is 1. The Morgan fingerprint density at radius 1 is 1.22 bits per heavy atom. The van der Waals surface area contributed by atoms with Crippen LogP contribution >= 0.6 is 11.6 Å². The van der Waals surface area contributed by atoms with Crippen molar-refractivity contribution in [2.24, 2.45) is 7.05 Å². The topological polar surface area (TPSA) is 55.6 Å². The molecule has 3 aromatic rings. The quantitative estimate of drug-likeness (QED) is 0.740. The number of imidazole rings is 1. The minimum absolute atomic E-state index is 0.480. The number of fused-ring (bicyclic) bond motifs is 1. The van der Waals surface area contributed by atoms with Gasteiger partial charge in [-0.3, -0.25) is 0 Å². The maximum absolute atomic E-state index is 6.10. The second kappa shape index (κ2) is 5.49. The average Bonchev–Trinajstić information content (AvgIpc) is 3.31. The van der Waals surface area contributed by atoms with Crippen molar-refractivity contribution in [3.63, 3.8) is 0 Å². The van der Waals surface area contributed by atoms with E-state index in [0.717, 1.165) is 41.3 Å². The molecule has 2 heterocycles. The normalized spacial score (nSPS) is 14.4. The Morgan fingerprint density at radius 3 is 2.83 bits per heavy atom. The van der Waals surface area contributed by atoms with E-state index in [2.05, 4.69) is 45.0 Å². The van der Waals surface area contributed by atoms with Crippen molar-refractivity contribution in [2.45, 2.75) is 32.2 Å². The molecule has 2 aromatic heterocycles. The first-order valence-corrected chi connectivity index (χ1v) is 8.18. The summed E-state index contributed by atoms with van der Waals surface area (Å²) >= 11 is 6.10. The molecule has 0 radical (unpaired) electrons. The van der Waals surface area contributed by atoms with Crippen molar-refractivity contribution in [2.75, 3.05) is 5.32 Å². The number of halogens is 1. The van der Waals surface area contributed by atoms with Gasteiger partial charge in [-0.05, 0) is 37.5 Å². The van der Waals surface area contributed by atoms with Crippen LogP contribution in [0.25, 0.3) is 11.0 Å². The highest BCUT2D eigenvalue weighted by atomic mass is 35.5. The summed E-state index contributed by atoms with van der Waals surface area (Å²) in [7, 11) is 2.03. The van der Waals surface area contributed by atoms with Crippen LogP contribution in [0.2, 0.25) is 5.15 Å². The lowest BCUT2D eigenvalue weighted by Gasteiger charge is -2.08. The Balaban J connectivity index is 1.58. The summed E-state index contributed by atoms with van der Waals surface area (Å²) in [5.41, 5.74) is 3.36. The van der Waals surface area contributed by atoms with Crippen molar-refractivity contribution >= 4 is 28.5 Å². The van der Waals surface area contributed by atoms with Gasteiger partial charge in [0, 0.05) is 19.0 Å². The predicted octanol–water partition coefficient (Wildman–Crippen LogP) is 3.81. The summed E-state index contributed by atoms with van der Waals surface area (Å²) in [6.07, 6.45) is 2.31. The Labute approximate surface area is 139 Å². The highest BCUT2D eigenvalue weighted by Gasteiger charge is 2.27. The molecule has 0 aliphatic heterocycles. The van der Waals surface area contributed by atoms with Crippen LogP contribution in [0.4, 0.5) is 5.82 Å². The summed E-state index contributed by atoms with van der Waals surface area (Å²) in [6.45, 7) is 2.68. The van der Waals surface area contributed by atoms with Gasteiger partial charge >= 0.3 is 0 Å². The molecule has 6 heteroatoms. The third kappa shape index (κ3) is 2.88. The van der Waals surface area contributed by atoms with Crippen molar-refractivity contribution in [3.8, 4) is 0 Å². The summed E-state index contributed by atoms with van der Waals surface area (Å²) in [5, 5.41) is 3.81. The number of aryl methyl sites for hydroxylation is 2. The zero-order valence-corrected chi connectivity index (χ0v) is 13.9. The van der Waals surface area contributed by atoms with E-state index in [1.54, 1.807) is 6.07 Å². The molecule has 0 bridgehead atoms. The number of hydrogen-bond acceptors (Lipinski definition) is 4. The van der Waals surface area contributed by atoms with Crippen LogP contribution in [0.5, 0.6) is 0 Å². The van der Waals surface area contributed by atoms with Crippen molar-refractivity contribution < 1.29 is 0 Å². The molecule has 0 amide bonds. The smallest absolute Gasteiger partial charge is 0.135 e. The molecule has 0 saturated heterocycles. The van der Waals surface area contributed by atoms with Gasteiger partial charge in [0.15, 0.2) is 0 Å². The van der Waals surface area contributed by atoms with E-state index >= 15 is 0 Å². The first-order chi connectivity index (χ1) is 11.1. The predicted molar refractivity (Wildman–Crippen MR) is 91.8 cm³/mol. The minimum atomic E-state index is 0.480. The number of nitrogens with zero attached hydrogens (tertiary/aromatic N) is 4.